The molecule has 0 amide bonds. The van der Waals surface area contributed by atoms with E-state index in [1.807, 2.05) is 30.3 Å². The molecule has 6 rings (SSSR count). The first kappa shape index (κ1) is 28.9. The summed E-state index contributed by atoms with van der Waals surface area (Å²) in [5.41, 5.74) is 2.65. The minimum atomic E-state index is -0.891. The van der Waals surface area contributed by atoms with E-state index in [9.17, 15) is 18.4 Å². The zero-order valence-corrected chi connectivity index (χ0v) is 24.4. The van der Waals surface area contributed by atoms with Gasteiger partial charge in [0.2, 0.25) is 0 Å². The molecule has 0 fully saturated rings. The summed E-state index contributed by atoms with van der Waals surface area (Å²) < 4.78 is 41.0. The first-order valence-corrected chi connectivity index (χ1v) is 14.7. The molecule has 0 aliphatic carbocycles. The second kappa shape index (κ2) is 12.6. The molecule has 2 heterocycles. The van der Waals surface area contributed by atoms with Crippen LogP contribution in [-0.2, 0) is 16.1 Å². The number of carbonyl (C=O) groups excluding carboxylic acids is 1. The van der Waals surface area contributed by atoms with Crippen molar-refractivity contribution in [2.45, 2.75) is 19.6 Å². The highest BCUT2D eigenvalue weighted by Crippen LogP contribution is 2.35. The molecule has 4 aromatic carbocycles. The molecule has 1 aliphatic heterocycles. The van der Waals surface area contributed by atoms with Crippen molar-refractivity contribution in [2.24, 2.45) is 4.99 Å². The van der Waals surface area contributed by atoms with E-state index in [-0.39, 0.29) is 30.2 Å². The lowest BCUT2D eigenvalue weighted by Crippen LogP contribution is -2.40. The number of aromatic nitrogens is 1. The van der Waals surface area contributed by atoms with E-state index in [1.165, 1.54) is 34.1 Å². The number of hydrogen-bond donors (Lipinski definition) is 0. The second-order valence-electron chi connectivity index (χ2n) is 9.93. The van der Waals surface area contributed by atoms with Crippen LogP contribution in [0.15, 0.2) is 118 Å². The Morgan fingerprint density at radius 1 is 0.932 bits per heavy atom. The number of fused-ring (bicyclic) bond motifs is 1. The van der Waals surface area contributed by atoms with Crippen LogP contribution < -0.4 is 19.6 Å². The SMILES string of the molecule is CCOC(=O)C1=C(c2ccccc2)N=c2s/c(=C\c3ccc(OCc4ccccc4F)cc3)c(=O)n2[C@@H]1c1ccc(F)cc1. The molecule has 9 heteroatoms. The number of hydrogen-bond acceptors (Lipinski definition) is 6. The maximum absolute atomic E-state index is 14.0. The molecule has 6 nitrogen and oxygen atoms in total. The van der Waals surface area contributed by atoms with Gasteiger partial charge in [0.05, 0.1) is 28.5 Å². The maximum Gasteiger partial charge on any atom is 0.338 e. The largest absolute Gasteiger partial charge is 0.489 e. The lowest BCUT2D eigenvalue weighted by molar-refractivity contribution is -0.138. The molecule has 1 aromatic heterocycles. The first-order chi connectivity index (χ1) is 21.4. The minimum Gasteiger partial charge on any atom is -0.489 e. The minimum absolute atomic E-state index is 0.0839. The number of thiazole rings is 1. The maximum atomic E-state index is 14.0. The normalized spacial score (nSPS) is 14.6. The zero-order valence-electron chi connectivity index (χ0n) is 23.6. The Morgan fingerprint density at radius 2 is 1.64 bits per heavy atom. The molecule has 0 saturated carbocycles. The molecular formula is C35H26F2N2O4S. The molecule has 0 saturated heterocycles. The van der Waals surface area contributed by atoms with Gasteiger partial charge in [0.1, 0.15) is 24.0 Å². The Balaban J connectivity index is 1.43. The zero-order chi connectivity index (χ0) is 30.6. The van der Waals surface area contributed by atoms with Gasteiger partial charge in [0.25, 0.3) is 5.56 Å². The van der Waals surface area contributed by atoms with E-state index < -0.39 is 17.8 Å². The van der Waals surface area contributed by atoms with Crippen molar-refractivity contribution in [1.82, 2.24) is 4.57 Å². The molecular weight excluding hydrogens is 582 g/mol. The van der Waals surface area contributed by atoms with Gasteiger partial charge in [-0.15, -0.1) is 0 Å². The van der Waals surface area contributed by atoms with Crippen molar-refractivity contribution >= 4 is 29.1 Å². The van der Waals surface area contributed by atoms with Crippen LogP contribution in [0.5, 0.6) is 5.75 Å². The molecule has 0 radical (unpaired) electrons. The van der Waals surface area contributed by atoms with Crippen LogP contribution in [0.3, 0.4) is 0 Å². The van der Waals surface area contributed by atoms with Gasteiger partial charge in [-0.05, 0) is 54.5 Å². The Bertz CT molecular complexity index is 2030. The molecule has 0 N–H and O–H groups in total. The molecule has 0 bridgehead atoms. The summed E-state index contributed by atoms with van der Waals surface area (Å²) in [6.07, 6.45) is 1.74. The van der Waals surface area contributed by atoms with Crippen LogP contribution >= 0.6 is 11.3 Å². The van der Waals surface area contributed by atoms with Crippen molar-refractivity contribution < 1.29 is 23.0 Å². The fourth-order valence-corrected chi connectivity index (χ4v) is 5.99. The highest BCUT2D eigenvalue weighted by atomic mass is 32.1. The number of benzene rings is 4. The lowest BCUT2D eigenvalue weighted by Gasteiger charge is -2.25. The summed E-state index contributed by atoms with van der Waals surface area (Å²) in [5, 5.41) is 0. The standard InChI is InChI=1S/C35H26F2N2O4S/c1-2-42-34(41)30-31(23-8-4-3-5-9-23)38-35-39(32(30)24-14-16-26(36)17-15-24)33(40)29(44-35)20-22-12-18-27(19-13-22)43-21-25-10-6-7-11-28(25)37/h3-20,32H,2,21H2,1H3/b29-20-/t32-/m1/s1. The van der Waals surface area contributed by atoms with Gasteiger partial charge in [0.15, 0.2) is 4.80 Å². The lowest BCUT2D eigenvalue weighted by atomic mass is 9.93. The van der Waals surface area contributed by atoms with Crippen LogP contribution in [-0.4, -0.2) is 17.1 Å². The van der Waals surface area contributed by atoms with Gasteiger partial charge in [-0.3, -0.25) is 9.36 Å². The predicted octanol–water partition coefficient (Wildman–Crippen LogP) is 5.79. The van der Waals surface area contributed by atoms with E-state index in [0.29, 0.717) is 37.5 Å². The molecule has 0 spiro atoms. The van der Waals surface area contributed by atoms with Gasteiger partial charge >= 0.3 is 5.97 Å². The summed E-state index contributed by atoms with van der Waals surface area (Å²) in [6.45, 7) is 1.92. The van der Waals surface area contributed by atoms with Crippen LogP contribution in [0.25, 0.3) is 11.8 Å². The number of nitrogens with zero attached hydrogens (tertiary/aromatic N) is 2. The van der Waals surface area contributed by atoms with E-state index in [4.69, 9.17) is 14.5 Å². The van der Waals surface area contributed by atoms with Gasteiger partial charge in [-0.1, -0.05) is 84.1 Å². The topological polar surface area (TPSA) is 69.9 Å². The summed E-state index contributed by atoms with van der Waals surface area (Å²) in [5.74, 6) is -0.827. The third kappa shape index (κ3) is 5.87. The summed E-state index contributed by atoms with van der Waals surface area (Å²) >= 11 is 1.19. The number of rotatable bonds is 8. The highest BCUT2D eigenvalue weighted by molar-refractivity contribution is 7.07. The third-order valence-electron chi connectivity index (χ3n) is 7.09. The number of esters is 1. The van der Waals surface area contributed by atoms with Gasteiger partial charge < -0.3 is 9.47 Å². The summed E-state index contributed by atoms with van der Waals surface area (Å²) in [6, 6.07) is 27.6. The Hall–Kier alpha value is -5.15. The monoisotopic (exact) mass is 608 g/mol. The van der Waals surface area contributed by atoms with Gasteiger partial charge in [0, 0.05) is 11.1 Å². The van der Waals surface area contributed by atoms with E-state index in [0.717, 1.165) is 5.56 Å². The first-order valence-electron chi connectivity index (χ1n) is 13.9. The molecule has 1 atom stereocenters. The number of halogens is 2. The highest BCUT2D eigenvalue weighted by Gasteiger charge is 2.35. The molecule has 44 heavy (non-hydrogen) atoms. The number of ether oxygens (including phenoxy) is 2. The number of carbonyl (C=O) groups is 1. The molecule has 5 aromatic rings. The molecule has 1 aliphatic rings. The van der Waals surface area contributed by atoms with E-state index >= 15 is 0 Å². The quantitative estimate of drug-likeness (QED) is 0.209. The van der Waals surface area contributed by atoms with E-state index in [1.54, 1.807) is 67.6 Å². The molecule has 0 unspecified atom stereocenters. The average Bonchev–Trinajstić information content (AvgIpc) is 3.35. The fraction of sp³-hybridized carbons (Fsp3) is 0.114. The predicted molar refractivity (Wildman–Crippen MR) is 165 cm³/mol. The van der Waals surface area contributed by atoms with Crippen molar-refractivity contribution in [3.05, 3.63) is 162 Å². The van der Waals surface area contributed by atoms with Gasteiger partial charge in [-0.2, -0.15) is 0 Å². The van der Waals surface area contributed by atoms with Gasteiger partial charge in [-0.25, -0.2) is 18.6 Å². The van der Waals surface area contributed by atoms with Crippen molar-refractivity contribution in [2.75, 3.05) is 6.61 Å². The summed E-state index contributed by atoms with van der Waals surface area (Å²) in [4.78, 5) is 32.7. The fourth-order valence-electron chi connectivity index (χ4n) is 4.99. The van der Waals surface area contributed by atoms with E-state index in [2.05, 4.69) is 0 Å². The van der Waals surface area contributed by atoms with Crippen LogP contribution in [0.2, 0.25) is 0 Å². The van der Waals surface area contributed by atoms with Crippen molar-refractivity contribution in [3.8, 4) is 5.75 Å². The Kier molecular flexibility index (Phi) is 8.29. The van der Waals surface area contributed by atoms with Crippen LogP contribution in [0.4, 0.5) is 8.78 Å². The molecule has 220 valence electrons. The van der Waals surface area contributed by atoms with Crippen molar-refractivity contribution in [3.63, 3.8) is 0 Å². The third-order valence-corrected chi connectivity index (χ3v) is 8.07. The van der Waals surface area contributed by atoms with Crippen molar-refractivity contribution in [1.29, 1.82) is 0 Å². The smallest absolute Gasteiger partial charge is 0.338 e. The Labute approximate surface area is 255 Å². The summed E-state index contributed by atoms with van der Waals surface area (Å²) in [7, 11) is 0. The van der Waals surface area contributed by atoms with Crippen LogP contribution in [0.1, 0.15) is 35.2 Å². The second-order valence-corrected chi connectivity index (χ2v) is 10.9. The Morgan fingerprint density at radius 3 is 2.34 bits per heavy atom. The van der Waals surface area contributed by atoms with Crippen LogP contribution in [0, 0.1) is 11.6 Å². The average molecular weight is 609 g/mol.